The molecule has 0 aliphatic carbocycles. The molecule has 0 amide bonds. The maximum absolute atomic E-state index is 10.3. The molecule has 6 heteroatoms. The minimum absolute atomic E-state index is 0.247. The van der Waals surface area contributed by atoms with Gasteiger partial charge in [0.25, 0.3) is 0 Å². The summed E-state index contributed by atoms with van der Waals surface area (Å²) in [6.07, 6.45) is 0.965. The maximum Gasteiger partial charge on any atom is 0.369 e. The fraction of sp³-hybridized carbons (Fsp3) is 0.500. The summed E-state index contributed by atoms with van der Waals surface area (Å²) in [6.45, 7) is 1.32. The van der Waals surface area contributed by atoms with Crippen LogP contribution >= 0.6 is 8.17 Å². The third-order valence-electron chi connectivity index (χ3n) is 0.520. The van der Waals surface area contributed by atoms with Crippen molar-refractivity contribution in [3.63, 3.8) is 0 Å². The first-order valence-electron chi connectivity index (χ1n) is 2.42. The molecule has 0 N–H and O–H groups in total. The highest BCUT2D eigenvalue weighted by Gasteiger charge is 1.90. The number of Topliss-reactive ketones (excluding diaryl/α,β-unsaturated/α-hetero) is 1. The number of carbonyl (C=O) groups is 1. The Morgan fingerprint density at radius 1 is 1.80 bits per heavy atom. The molecule has 0 aromatic heterocycles. The lowest BCUT2D eigenvalue weighted by Gasteiger charge is -1.81. The zero-order chi connectivity index (χ0) is 7.98. The van der Waals surface area contributed by atoms with Crippen molar-refractivity contribution in [1.82, 2.24) is 0 Å². The Morgan fingerprint density at radius 2 is 2.40 bits per heavy atom. The molecule has 0 saturated heterocycles. The quantitative estimate of drug-likeness (QED) is 0.334. The van der Waals surface area contributed by atoms with Crippen LogP contribution in [0.25, 0.3) is 0 Å². The van der Waals surface area contributed by atoms with Crippen LogP contribution in [0.15, 0.2) is 9.96 Å². The molecule has 0 aromatic rings. The third kappa shape index (κ3) is 5.50. The average molecular weight is 162 g/mol. The van der Waals surface area contributed by atoms with E-state index in [0.29, 0.717) is 0 Å². The fourth-order valence-electron chi connectivity index (χ4n) is 0.186. The molecule has 0 aliphatic rings. The van der Waals surface area contributed by atoms with Crippen LogP contribution < -0.4 is 4.89 Å². The Kier molecular flexibility index (Phi) is 4.84. The zero-order valence-corrected chi connectivity index (χ0v) is 6.54. The predicted octanol–water partition coefficient (Wildman–Crippen LogP) is 0.0634. The van der Waals surface area contributed by atoms with Gasteiger partial charge in [-0.2, -0.15) is 4.52 Å². The van der Waals surface area contributed by atoms with Gasteiger partial charge in [0.1, 0.15) is 0 Å². The molecule has 0 saturated carbocycles. The van der Waals surface area contributed by atoms with Gasteiger partial charge in [0.15, 0.2) is 5.78 Å². The summed E-state index contributed by atoms with van der Waals surface area (Å²) >= 11 is 0. The Balaban J connectivity index is 3.82. The molecule has 0 heterocycles. The minimum Gasteiger partial charge on any atom is -0.582 e. The van der Waals surface area contributed by atoms with Crippen LogP contribution in [0.3, 0.4) is 0 Å². The van der Waals surface area contributed by atoms with E-state index >= 15 is 0 Å². The summed E-state index contributed by atoms with van der Waals surface area (Å²) in [5.74, 6) is -0.247. The van der Waals surface area contributed by atoms with Crippen LogP contribution in [0.4, 0.5) is 0 Å². The summed E-state index contributed by atoms with van der Waals surface area (Å²) in [4.78, 5) is 23.6. The molecule has 1 unspecified atom stereocenters. The van der Waals surface area contributed by atoms with Crippen molar-refractivity contribution < 1.29 is 14.2 Å². The first-order valence-corrected chi connectivity index (χ1v) is 3.55. The van der Waals surface area contributed by atoms with E-state index in [1.807, 2.05) is 0 Å². The van der Waals surface area contributed by atoms with Crippen LogP contribution in [0.1, 0.15) is 6.92 Å². The molecule has 0 spiro atoms. The predicted molar refractivity (Wildman–Crippen MR) is 35.5 cm³/mol. The lowest BCUT2D eigenvalue weighted by molar-refractivity contribution is -0.173. The lowest BCUT2D eigenvalue weighted by atomic mass is 10.5. The number of hydrogen-bond donors (Lipinski definition) is 0. The van der Waals surface area contributed by atoms with Crippen LogP contribution in [-0.4, -0.2) is 19.1 Å². The van der Waals surface area contributed by atoms with Gasteiger partial charge >= 0.3 is 8.17 Å². The topological polar surface area (TPSA) is 74.1 Å². The molecule has 56 valence electrons. The molecule has 1 atom stereocenters. The van der Waals surface area contributed by atoms with Crippen molar-refractivity contribution in [2.24, 2.45) is 9.96 Å². The molecule has 0 bridgehead atoms. The standard InChI is InChI=1S/C4H7N2O3P/c1-4(7)3-5-6-10(8)9-2/h3H,1-2H3/b5-3+. The van der Waals surface area contributed by atoms with Crippen molar-refractivity contribution in [3.05, 3.63) is 0 Å². The summed E-state index contributed by atoms with van der Waals surface area (Å²) in [6, 6.07) is 0. The highest BCUT2D eigenvalue weighted by Crippen LogP contribution is 2.12. The van der Waals surface area contributed by atoms with E-state index in [-0.39, 0.29) is 5.78 Å². The van der Waals surface area contributed by atoms with Crippen LogP contribution in [0.5, 0.6) is 0 Å². The van der Waals surface area contributed by atoms with Crippen LogP contribution in [0, 0.1) is 0 Å². The van der Waals surface area contributed by atoms with E-state index in [4.69, 9.17) is 0 Å². The number of hydrogen-bond acceptors (Lipinski definition) is 4. The Labute approximate surface area is 59.3 Å². The first-order chi connectivity index (χ1) is 4.66. The van der Waals surface area contributed by atoms with Gasteiger partial charge in [0, 0.05) is 6.92 Å². The van der Waals surface area contributed by atoms with E-state index < -0.39 is 8.17 Å². The van der Waals surface area contributed by atoms with Crippen LogP contribution in [0.2, 0.25) is 0 Å². The van der Waals surface area contributed by atoms with Gasteiger partial charge < -0.3 is 4.89 Å². The molecule has 0 rings (SSSR count). The second-order valence-corrected chi connectivity index (χ2v) is 2.38. The van der Waals surface area contributed by atoms with E-state index in [1.54, 1.807) is 0 Å². The largest absolute Gasteiger partial charge is 0.582 e. The summed E-state index contributed by atoms with van der Waals surface area (Å²) < 4.78 is 4.25. The second-order valence-electron chi connectivity index (χ2n) is 1.37. The second kappa shape index (κ2) is 5.17. The summed E-state index contributed by atoms with van der Waals surface area (Å²) in [5.41, 5.74) is 0. The molecular weight excluding hydrogens is 155 g/mol. The number of nitrogens with zero attached hydrogens (tertiary/aromatic N) is 2. The summed E-state index contributed by atoms with van der Waals surface area (Å²) in [5, 5.41) is 3.18. The van der Waals surface area contributed by atoms with Gasteiger partial charge in [-0.05, 0) is 0 Å². The lowest BCUT2D eigenvalue weighted by Crippen LogP contribution is -1.89. The van der Waals surface area contributed by atoms with Gasteiger partial charge in [-0.25, -0.2) is 0 Å². The van der Waals surface area contributed by atoms with Crippen molar-refractivity contribution >= 4 is 20.2 Å². The fourth-order valence-corrected chi connectivity index (χ4v) is 0.395. The molecule has 0 aromatic carbocycles. The Hall–Kier alpha value is -0.640. The van der Waals surface area contributed by atoms with Crippen molar-refractivity contribution in [1.29, 1.82) is 0 Å². The molecule has 0 aliphatic heterocycles. The van der Waals surface area contributed by atoms with E-state index in [9.17, 15) is 9.69 Å². The summed E-state index contributed by atoms with van der Waals surface area (Å²) in [7, 11) is -0.843. The van der Waals surface area contributed by atoms with Crippen molar-refractivity contribution in [3.8, 4) is 0 Å². The molecular formula is C4H7N2O3P. The number of carbonyl (C=O) groups excluding carboxylic acids is 1. The van der Waals surface area contributed by atoms with E-state index in [2.05, 4.69) is 14.5 Å². The SMILES string of the molecule is CO/[P+]([O-])=N/N=C/C(C)=O. The van der Waals surface area contributed by atoms with Crippen molar-refractivity contribution in [2.75, 3.05) is 7.11 Å². The van der Waals surface area contributed by atoms with Crippen LogP contribution in [-0.2, 0) is 9.32 Å². The minimum atomic E-state index is -2.08. The van der Waals surface area contributed by atoms with Gasteiger partial charge in [-0.15, -0.1) is 5.10 Å². The van der Waals surface area contributed by atoms with Gasteiger partial charge in [-0.1, -0.05) is 0 Å². The van der Waals surface area contributed by atoms with Crippen molar-refractivity contribution in [2.45, 2.75) is 6.92 Å². The number of rotatable bonds is 3. The number of ketones is 1. The maximum atomic E-state index is 10.3. The Bertz CT molecular complexity index is 177. The third-order valence-corrected chi connectivity index (χ3v) is 1.08. The van der Waals surface area contributed by atoms with E-state index in [1.165, 1.54) is 14.0 Å². The zero-order valence-electron chi connectivity index (χ0n) is 5.64. The van der Waals surface area contributed by atoms with E-state index in [0.717, 1.165) is 6.21 Å². The van der Waals surface area contributed by atoms with Gasteiger partial charge in [0.2, 0.25) is 0 Å². The molecule has 10 heavy (non-hydrogen) atoms. The monoisotopic (exact) mass is 162 g/mol. The average Bonchev–Trinajstić information content (AvgIpc) is 1.87. The first kappa shape index (κ1) is 9.36. The highest BCUT2D eigenvalue weighted by atomic mass is 31.1. The highest BCUT2D eigenvalue weighted by molar-refractivity contribution is 7.33. The smallest absolute Gasteiger partial charge is 0.369 e. The Morgan fingerprint density at radius 3 is 2.80 bits per heavy atom. The van der Waals surface area contributed by atoms with Gasteiger partial charge in [0.05, 0.1) is 18.2 Å². The van der Waals surface area contributed by atoms with Gasteiger partial charge in [-0.3, -0.25) is 4.79 Å². The molecule has 0 fully saturated rings. The molecule has 0 radical (unpaired) electrons. The normalized spacial score (nSPS) is 12.5. The molecule has 5 nitrogen and oxygen atoms in total.